The molecule has 0 N–H and O–H groups in total. The van der Waals surface area contributed by atoms with E-state index in [4.69, 9.17) is 4.74 Å². The van der Waals surface area contributed by atoms with Gasteiger partial charge in [-0.3, -0.25) is 4.90 Å². The van der Waals surface area contributed by atoms with Gasteiger partial charge in [0.05, 0.1) is 25.3 Å². The summed E-state index contributed by atoms with van der Waals surface area (Å²) < 4.78 is 6.91. The van der Waals surface area contributed by atoms with Crippen LogP contribution in [0, 0.1) is 0 Å². The van der Waals surface area contributed by atoms with Crippen molar-refractivity contribution < 1.29 is 9.53 Å². The van der Waals surface area contributed by atoms with Crippen molar-refractivity contribution in [2.45, 2.75) is 32.0 Å². The number of nitrogens with zero attached hydrogens (tertiary/aromatic N) is 5. The maximum Gasteiger partial charge on any atom is 0.346 e. The molecule has 3 rings (SSSR count). The first-order valence-corrected chi connectivity index (χ1v) is 6.66. The van der Waals surface area contributed by atoms with Crippen LogP contribution in [0.5, 0.6) is 0 Å². The number of amides is 1. The Bertz CT molecular complexity index is 433. The molecule has 0 spiro atoms. The molecule has 0 aromatic carbocycles. The Morgan fingerprint density at radius 1 is 1.32 bits per heavy atom. The number of rotatable bonds is 1. The zero-order valence-corrected chi connectivity index (χ0v) is 11.3. The minimum absolute atomic E-state index is 0.0993. The first-order chi connectivity index (χ1) is 9.16. The van der Waals surface area contributed by atoms with Gasteiger partial charge in [0.2, 0.25) is 0 Å². The van der Waals surface area contributed by atoms with E-state index in [0.717, 1.165) is 0 Å². The van der Waals surface area contributed by atoms with Gasteiger partial charge in [0.1, 0.15) is 12.7 Å². The number of ether oxygens (including phenoxy) is 1. The third kappa shape index (κ3) is 2.23. The Hall–Kier alpha value is -1.47. The fourth-order valence-corrected chi connectivity index (χ4v) is 3.14. The number of carbonyl (C=O) groups excluding carboxylic acids is 1. The van der Waals surface area contributed by atoms with Gasteiger partial charge in [0, 0.05) is 19.1 Å². The van der Waals surface area contributed by atoms with Gasteiger partial charge in [-0.2, -0.15) is 9.78 Å². The van der Waals surface area contributed by atoms with Crippen LogP contribution < -0.4 is 0 Å². The molecular formula is C12H19N5O2. The van der Waals surface area contributed by atoms with E-state index in [2.05, 4.69) is 28.8 Å². The molecule has 1 amide bonds. The highest BCUT2D eigenvalue weighted by molar-refractivity contribution is 5.75. The molecule has 19 heavy (non-hydrogen) atoms. The number of morpholine rings is 1. The molecule has 2 aliphatic heterocycles. The van der Waals surface area contributed by atoms with Gasteiger partial charge in [-0.15, -0.1) is 0 Å². The molecule has 2 fully saturated rings. The SMILES string of the molecule is CC(C)N1C2COCC1CN(C(=O)n1cncn1)C2. The first-order valence-electron chi connectivity index (χ1n) is 6.66. The second-order valence-corrected chi connectivity index (χ2v) is 5.41. The smallest absolute Gasteiger partial charge is 0.346 e. The van der Waals surface area contributed by atoms with Gasteiger partial charge >= 0.3 is 6.03 Å². The summed E-state index contributed by atoms with van der Waals surface area (Å²) in [6.07, 6.45) is 2.83. The van der Waals surface area contributed by atoms with E-state index in [0.29, 0.717) is 32.3 Å². The first kappa shape index (κ1) is 12.6. The van der Waals surface area contributed by atoms with Gasteiger partial charge in [0.25, 0.3) is 0 Å². The fraction of sp³-hybridized carbons (Fsp3) is 0.750. The van der Waals surface area contributed by atoms with Gasteiger partial charge in [0.15, 0.2) is 0 Å². The summed E-state index contributed by atoms with van der Waals surface area (Å²) in [6.45, 7) is 7.15. The van der Waals surface area contributed by atoms with Crippen molar-refractivity contribution in [3.8, 4) is 0 Å². The molecule has 7 nitrogen and oxygen atoms in total. The lowest BCUT2D eigenvalue weighted by molar-refractivity contribution is -0.101. The molecule has 1 aromatic rings. The monoisotopic (exact) mass is 265 g/mol. The Morgan fingerprint density at radius 2 is 2.00 bits per heavy atom. The van der Waals surface area contributed by atoms with Gasteiger partial charge in [-0.05, 0) is 13.8 Å². The van der Waals surface area contributed by atoms with Crippen LogP contribution in [0.15, 0.2) is 12.7 Å². The van der Waals surface area contributed by atoms with Crippen LogP contribution in [0.3, 0.4) is 0 Å². The van der Waals surface area contributed by atoms with E-state index < -0.39 is 0 Å². The van der Waals surface area contributed by atoms with E-state index in [9.17, 15) is 4.79 Å². The molecule has 2 bridgehead atoms. The minimum Gasteiger partial charge on any atom is -0.378 e. The summed E-state index contributed by atoms with van der Waals surface area (Å²) in [4.78, 5) is 20.4. The highest BCUT2D eigenvalue weighted by atomic mass is 16.5. The Balaban J connectivity index is 1.76. The highest BCUT2D eigenvalue weighted by Gasteiger charge is 2.41. The second-order valence-electron chi connectivity index (χ2n) is 5.41. The Kier molecular flexibility index (Phi) is 3.24. The van der Waals surface area contributed by atoms with Crippen LogP contribution in [0.2, 0.25) is 0 Å². The zero-order chi connectivity index (χ0) is 13.4. The molecule has 2 saturated heterocycles. The van der Waals surface area contributed by atoms with Crippen LogP contribution in [0.25, 0.3) is 0 Å². The fourth-order valence-electron chi connectivity index (χ4n) is 3.14. The lowest BCUT2D eigenvalue weighted by Crippen LogP contribution is -2.67. The highest BCUT2D eigenvalue weighted by Crippen LogP contribution is 2.24. The van der Waals surface area contributed by atoms with Gasteiger partial charge in [-0.1, -0.05) is 0 Å². The van der Waals surface area contributed by atoms with Crippen molar-refractivity contribution in [3.05, 3.63) is 12.7 Å². The van der Waals surface area contributed by atoms with Crippen LogP contribution in [-0.2, 0) is 4.74 Å². The van der Waals surface area contributed by atoms with Gasteiger partial charge in [-0.25, -0.2) is 9.78 Å². The normalized spacial score (nSPS) is 27.8. The molecule has 104 valence electrons. The molecule has 3 heterocycles. The van der Waals surface area contributed by atoms with Crippen molar-refractivity contribution in [3.63, 3.8) is 0 Å². The van der Waals surface area contributed by atoms with Crippen molar-refractivity contribution in [2.75, 3.05) is 26.3 Å². The molecule has 2 atom stereocenters. The second kappa shape index (κ2) is 4.90. The van der Waals surface area contributed by atoms with Crippen LogP contribution in [0.4, 0.5) is 4.79 Å². The number of hydrogen-bond donors (Lipinski definition) is 0. The summed E-state index contributed by atoms with van der Waals surface area (Å²) >= 11 is 0. The predicted octanol–water partition coefficient (Wildman–Crippen LogP) is 0.0396. The van der Waals surface area contributed by atoms with E-state index in [-0.39, 0.29) is 18.1 Å². The minimum atomic E-state index is -0.0993. The summed E-state index contributed by atoms with van der Waals surface area (Å²) in [5.41, 5.74) is 0. The van der Waals surface area contributed by atoms with Crippen LogP contribution in [0.1, 0.15) is 13.8 Å². The molecule has 2 unspecified atom stereocenters. The summed E-state index contributed by atoms with van der Waals surface area (Å²) in [5.74, 6) is 0. The predicted molar refractivity (Wildman–Crippen MR) is 67.8 cm³/mol. The van der Waals surface area contributed by atoms with E-state index in [1.807, 2.05) is 4.90 Å². The lowest BCUT2D eigenvalue weighted by atomic mass is 10.0. The van der Waals surface area contributed by atoms with Crippen molar-refractivity contribution in [1.82, 2.24) is 24.6 Å². The molecule has 0 saturated carbocycles. The quantitative estimate of drug-likeness (QED) is 0.717. The molecule has 2 aliphatic rings. The lowest BCUT2D eigenvalue weighted by Gasteiger charge is -2.51. The third-order valence-electron chi connectivity index (χ3n) is 3.81. The standard InChI is InChI=1S/C12H19N5O2/c1-9(2)17-10-3-15(4-11(17)6-19-5-10)12(18)16-8-13-7-14-16/h7-11H,3-6H2,1-2H3. The van der Waals surface area contributed by atoms with Crippen LogP contribution in [-0.4, -0.2) is 75.0 Å². The third-order valence-corrected chi connectivity index (χ3v) is 3.81. The largest absolute Gasteiger partial charge is 0.378 e. The summed E-state index contributed by atoms with van der Waals surface area (Å²) in [5, 5.41) is 3.91. The Labute approximate surface area is 112 Å². The van der Waals surface area contributed by atoms with E-state index in [1.54, 1.807) is 0 Å². The number of aromatic nitrogens is 3. The molecule has 7 heteroatoms. The molecule has 0 radical (unpaired) electrons. The number of fused-ring (bicyclic) bond motifs is 2. The maximum atomic E-state index is 12.3. The van der Waals surface area contributed by atoms with Crippen molar-refractivity contribution in [1.29, 1.82) is 0 Å². The van der Waals surface area contributed by atoms with Crippen molar-refractivity contribution in [2.24, 2.45) is 0 Å². The number of carbonyl (C=O) groups is 1. The topological polar surface area (TPSA) is 63.5 Å². The molecular weight excluding hydrogens is 246 g/mol. The Morgan fingerprint density at radius 3 is 2.53 bits per heavy atom. The number of hydrogen-bond acceptors (Lipinski definition) is 5. The molecule has 1 aromatic heterocycles. The number of piperazine rings is 1. The summed E-state index contributed by atoms with van der Waals surface area (Å²) in [6, 6.07) is 0.931. The van der Waals surface area contributed by atoms with E-state index >= 15 is 0 Å². The summed E-state index contributed by atoms with van der Waals surface area (Å²) in [7, 11) is 0. The average Bonchev–Trinajstić information content (AvgIpc) is 2.89. The zero-order valence-electron chi connectivity index (χ0n) is 11.3. The van der Waals surface area contributed by atoms with Crippen LogP contribution >= 0.6 is 0 Å². The maximum absolute atomic E-state index is 12.3. The van der Waals surface area contributed by atoms with E-state index in [1.165, 1.54) is 17.3 Å². The van der Waals surface area contributed by atoms with Crippen molar-refractivity contribution >= 4 is 6.03 Å². The molecule has 0 aliphatic carbocycles. The van der Waals surface area contributed by atoms with Gasteiger partial charge < -0.3 is 9.64 Å². The average molecular weight is 265 g/mol.